The van der Waals surface area contributed by atoms with Gasteiger partial charge in [0.15, 0.2) is 0 Å². The maximum Gasteiger partial charge on any atom is 0.223 e. The van der Waals surface area contributed by atoms with Crippen molar-refractivity contribution >= 4 is 5.95 Å². The molecule has 0 aliphatic carbocycles. The molecule has 0 amide bonds. The summed E-state index contributed by atoms with van der Waals surface area (Å²) in [6, 6.07) is 2.03. The van der Waals surface area contributed by atoms with E-state index in [2.05, 4.69) is 49.9 Å². The second kappa shape index (κ2) is 5.65. The fourth-order valence-electron chi connectivity index (χ4n) is 1.63. The van der Waals surface area contributed by atoms with Gasteiger partial charge in [0.05, 0.1) is 5.54 Å². The Morgan fingerprint density at radius 2 is 1.89 bits per heavy atom. The number of anilines is 1. The molecule has 0 bridgehead atoms. The summed E-state index contributed by atoms with van der Waals surface area (Å²) >= 11 is 0. The highest BCUT2D eigenvalue weighted by Gasteiger charge is 2.27. The molecule has 4 heteroatoms. The van der Waals surface area contributed by atoms with Gasteiger partial charge in [-0.15, -0.1) is 0 Å². The summed E-state index contributed by atoms with van der Waals surface area (Å²) in [6.45, 7) is 13.2. The van der Waals surface area contributed by atoms with Crippen LogP contribution in [0.4, 0.5) is 5.95 Å². The molecule has 0 saturated heterocycles. The Morgan fingerprint density at radius 1 is 1.28 bits per heavy atom. The summed E-state index contributed by atoms with van der Waals surface area (Å²) < 4.78 is 0. The normalized spacial score (nSPS) is 14.9. The molecule has 18 heavy (non-hydrogen) atoms. The number of nitrogens with zero attached hydrogens (tertiary/aromatic N) is 2. The van der Waals surface area contributed by atoms with Crippen molar-refractivity contribution in [2.75, 3.05) is 11.9 Å². The fourth-order valence-corrected chi connectivity index (χ4v) is 1.63. The monoisotopic (exact) mass is 250 g/mol. The van der Waals surface area contributed by atoms with E-state index in [0.29, 0.717) is 24.3 Å². The lowest BCUT2D eigenvalue weighted by atomic mass is 9.89. The van der Waals surface area contributed by atoms with Gasteiger partial charge >= 0.3 is 0 Å². The van der Waals surface area contributed by atoms with E-state index in [1.165, 1.54) is 0 Å². The van der Waals surface area contributed by atoms with Crippen molar-refractivity contribution in [1.82, 2.24) is 9.97 Å². The molecule has 0 aromatic carbocycles. The minimum absolute atomic E-state index is 0.179. The van der Waals surface area contributed by atoms with Gasteiger partial charge in [-0.05, 0) is 31.7 Å². The summed E-state index contributed by atoms with van der Waals surface area (Å²) in [6.07, 6.45) is 0. The number of nitrogens with one attached hydrogen (secondary N) is 1. The maximum absolute atomic E-state index is 5.87. The lowest BCUT2D eigenvalue weighted by Crippen LogP contribution is -2.47. The minimum atomic E-state index is -0.179. The van der Waals surface area contributed by atoms with Gasteiger partial charge in [-0.25, -0.2) is 9.97 Å². The Balaban J connectivity index is 3.03. The number of hydrogen-bond donors (Lipinski definition) is 2. The molecule has 1 heterocycles. The lowest BCUT2D eigenvalue weighted by Gasteiger charge is -2.33. The third-order valence-corrected chi connectivity index (χ3v) is 3.56. The minimum Gasteiger partial charge on any atom is -0.348 e. The Morgan fingerprint density at radius 3 is 2.33 bits per heavy atom. The standard InChI is InChI=1S/C14H26N4/c1-9(2)12-7-11(5)16-13(17-12)18-14(6,8-15)10(3)4/h7,9-10H,8,15H2,1-6H3,(H,16,17,18). The van der Waals surface area contributed by atoms with Gasteiger partial charge in [-0.1, -0.05) is 27.7 Å². The van der Waals surface area contributed by atoms with Crippen LogP contribution in [0.25, 0.3) is 0 Å². The molecule has 0 radical (unpaired) electrons. The lowest BCUT2D eigenvalue weighted by molar-refractivity contribution is 0.380. The molecule has 0 aliphatic rings. The number of hydrogen-bond acceptors (Lipinski definition) is 4. The van der Waals surface area contributed by atoms with Crippen LogP contribution in [0.5, 0.6) is 0 Å². The van der Waals surface area contributed by atoms with E-state index in [1.807, 2.05) is 13.0 Å². The molecule has 1 aromatic rings. The highest BCUT2D eigenvalue weighted by atomic mass is 15.2. The van der Waals surface area contributed by atoms with Gasteiger partial charge in [-0.2, -0.15) is 0 Å². The van der Waals surface area contributed by atoms with Crippen LogP contribution in [-0.2, 0) is 0 Å². The number of rotatable bonds is 5. The zero-order chi connectivity index (χ0) is 13.9. The van der Waals surface area contributed by atoms with Crippen molar-refractivity contribution in [3.05, 3.63) is 17.5 Å². The third-order valence-electron chi connectivity index (χ3n) is 3.56. The molecule has 0 spiro atoms. The third kappa shape index (κ3) is 3.42. The number of aryl methyl sites for hydroxylation is 1. The van der Waals surface area contributed by atoms with Crippen molar-refractivity contribution in [3.8, 4) is 0 Å². The Labute approximate surface area is 110 Å². The molecular weight excluding hydrogens is 224 g/mol. The molecule has 4 nitrogen and oxygen atoms in total. The van der Waals surface area contributed by atoms with Crippen LogP contribution >= 0.6 is 0 Å². The smallest absolute Gasteiger partial charge is 0.223 e. The first kappa shape index (κ1) is 14.9. The van der Waals surface area contributed by atoms with Gasteiger partial charge in [-0.3, -0.25) is 0 Å². The predicted octanol–water partition coefficient (Wildman–Crippen LogP) is 2.69. The largest absolute Gasteiger partial charge is 0.348 e. The summed E-state index contributed by atoms with van der Waals surface area (Å²) in [5, 5.41) is 3.39. The van der Waals surface area contributed by atoms with E-state index in [1.54, 1.807) is 0 Å². The molecule has 0 aliphatic heterocycles. The van der Waals surface area contributed by atoms with Gasteiger partial charge < -0.3 is 11.1 Å². The summed E-state index contributed by atoms with van der Waals surface area (Å²) in [5.41, 5.74) is 7.74. The average molecular weight is 250 g/mol. The van der Waals surface area contributed by atoms with E-state index in [4.69, 9.17) is 5.73 Å². The maximum atomic E-state index is 5.87. The molecule has 1 aromatic heterocycles. The predicted molar refractivity (Wildman–Crippen MR) is 76.8 cm³/mol. The fraction of sp³-hybridized carbons (Fsp3) is 0.714. The van der Waals surface area contributed by atoms with Crippen molar-refractivity contribution in [1.29, 1.82) is 0 Å². The van der Waals surface area contributed by atoms with E-state index >= 15 is 0 Å². The zero-order valence-corrected chi connectivity index (χ0v) is 12.4. The topological polar surface area (TPSA) is 63.8 Å². The molecule has 102 valence electrons. The Kier molecular flexibility index (Phi) is 4.68. The first-order chi connectivity index (χ1) is 8.28. The SMILES string of the molecule is Cc1cc(C(C)C)nc(NC(C)(CN)C(C)C)n1. The highest BCUT2D eigenvalue weighted by molar-refractivity contribution is 5.33. The quantitative estimate of drug-likeness (QED) is 0.843. The summed E-state index contributed by atoms with van der Waals surface area (Å²) in [5.74, 6) is 1.49. The van der Waals surface area contributed by atoms with Crippen molar-refractivity contribution in [2.24, 2.45) is 11.7 Å². The van der Waals surface area contributed by atoms with Gasteiger partial charge in [0.25, 0.3) is 0 Å². The average Bonchev–Trinajstić information content (AvgIpc) is 2.27. The first-order valence-electron chi connectivity index (χ1n) is 6.62. The van der Waals surface area contributed by atoms with E-state index in [-0.39, 0.29) is 5.54 Å². The van der Waals surface area contributed by atoms with Crippen LogP contribution in [-0.4, -0.2) is 22.1 Å². The second-order valence-electron chi connectivity index (χ2n) is 5.81. The highest BCUT2D eigenvalue weighted by Crippen LogP contribution is 2.21. The molecule has 1 unspecified atom stereocenters. The Bertz CT molecular complexity index is 401. The molecule has 1 atom stereocenters. The number of aromatic nitrogens is 2. The van der Waals surface area contributed by atoms with Crippen molar-refractivity contribution < 1.29 is 0 Å². The van der Waals surface area contributed by atoms with Crippen LogP contribution < -0.4 is 11.1 Å². The van der Waals surface area contributed by atoms with Crippen LogP contribution in [0.2, 0.25) is 0 Å². The summed E-state index contributed by atoms with van der Waals surface area (Å²) in [7, 11) is 0. The number of nitrogens with two attached hydrogens (primary N) is 1. The van der Waals surface area contributed by atoms with Crippen LogP contribution in [0.15, 0.2) is 6.07 Å². The van der Waals surface area contributed by atoms with Gasteiger partial charge in [0.2, 0.25) is 5.95 Å². The second-order valence-corrected chi connectivity index (χ2v) is 5.81. The Hall–Kier alpha value is -1.16. The molecular formula is C14H26N4. The molecule has 3 N–H and O–H groups in total. The first-order valence-corrected chi connectivity index (χ1v) is 6.62. The van der Waals surface area contributed by atoms with Gasteiger partial charge in [0, 0.05) is 17.9 Å². The summed E-state index contributed by atoms with van der Waals surface area (Å²) in [4.78, 5) is 9.02. The van der Waals surface area contributed by atoms with E-state index < -0.39 is 0 Å². The van der Waals surface area contributed by atoms with E-state index in [0.717, 1.165) is 11.4 Å². The molecule has 0 fully saturated rings. The van der Waals surface area contributed by atoms with Crippen LogP contribution in [0.3, 0.4) is 0 Å². The van der Waals surface area contributed by atoms with E-state index in [9.17, 15) is 0 Å². The molecule has 1 rings (SSSR count). The zero-order valence-electron chi connectivity index (χ0n) is 12.4. The van der Waals surface area contributed by atoms with Crippen molar-refractivity contribution in [2.45, 2.75) is 53.0 Å². The van der Waals surface area contributed by atoms with Gasteiger partial charge in [0.1, 0.15) is 0 Å². The molecule has 0 saturated carbocycles. The van der Waals surface area contributed by atoms with Crippen LogP contribution in [0.1, 0.15) is 51.9 Å². The van der Waals surface area contributed by atoms with Crippen LogP contribution in [0, 0.1) is 12.8 Å². The van der Waals surface area contributed by atoms with Crippen molar-refractivity contribution in [3.63, 3.8) is 0 Å².